The lowest BCUT2D eigenvalue weighted by molar-refractivity contribution is 0.318. The molecule has 0 aromatic carbocycles. The molecule has 0 aliphatic rings. The van der Waals surface area contributed by atoms with E-state index in [-0.39, 0.29) is 5.84 Å². The van der Waals surface area contributed by atoms with Crippen LogP contribution in [-0.4, -0.2) is 25.8 Å². The van der Waals surface area contributed by atoms with Gasteiger partial charge in [0.05, 0.1) is 10.7 Å². The van der Waals surface area contributed by atoms with Crippen molar-refractivity contribution in [1.29, 1.82) is 0 Å². The zero-order chi connectivity index (χ0) is 14.7. The number of pyridine rings is 1. The molecule has 7 heteroatoms. The minimum atomic E-state index is -0.0560. The van der Waals surface area contributed by atoms with Crippen molar-refractivity contribution in [2.24, 2.45) is 10.9 Å². The van der Waals surface area contributed by atoms with E-state index in [0.29, 0.717) is 16.4 Å². The molecule has 6 nitrogen and oxygen atoms in total. The van der Waals surface area contributed by atoms with Crippen LogP contribution in [0, 0.1) is 0 Å². The van der Waals surface area contributed by atoms with Gasteiger partial charge in [0.2, 0.25) is 0 Å². The fraction of sp³-hybridized carbons (Fsp3) is 0.308. The minimum Gasteiger partial charge on any atom is -0.409 e. The molecule has 0 saturated carbocycles. The molecular weight excluding hydrogens is 278 g/mol. The van der Waals surface area contributed by atoms with E-state index in [9.17, 15) is 0 Å². The Labute approximate surface area is 121 Å². The smallest absolute Gasteiger partial charge is 0.173 e. The summed E-state index contributed by atoms with van der Waals surface area (Å²) in [6.07, 6.45) is 3.19. The van der Waals surface area contributed by atoms with Crippen molar-refractivity contribution in [2.75, 3.05) is 0 Å². The van der Waals surface area contributed by atoms with E-state index in [1.165, 1.54) is 0 Å². The lowest BCUT2D eigenvalue weighted by Crippen LogP contribution is -2.16. The molecular formula is C13H16ClN5O. The van der Waals surface area contributed by atoms with Gasteiger partial charge in [-0.3, -0.25) is 0 Å². The maximum absolute atomic E-state index is 8.78. The number of hydrogen-bond acceptors (Lipinski definition) is 4. The highest BCUT2D eigenvalue weighted by molar-refractivity contribution is 6.35. The fourth-order valence-electron chi connectivity index (χ4n) is 1.92. The van der Waals surface area contributed by atoms with Crippen LogP contribution in [0.4, 0.5) is 0 Å². The van der Waals surface area contributed by atoms with E-state index in [1.807, 2.05) is 19.9 Å². The van der Waals surface area contributed by atoms with Crippen molar-refractivity contribution in [3.8, 4) is 5.82 Å². The summed E-state index contributed by atoms with van der Waals surface area (Å²) in [5.74, 6) is 0.423. The van der Waals surface area contributed by atoms with Crippen LogP contribution in [0.25, 0.3) is 5.82 Å². The molecule has 0 atom stereocenters. The number of amidine groups is 1. The zero-order valence-electron chi connectivity index (χ0n) is 11.3. The first-order valence-corrected chi connectivity index (χ1v) is 6.70. The third kappa shape index (κ3) is 2.46. The van der Waals surface area contributed by atoms with Crippen LogP contribution in [-0.2, 0) is 12.8 Å². The maximum Gasteiger partial charge on any atom is 0.173 e. The van der Waals surface area contributed by atoms with E-state index >= 15 is 0 Å². The van der Waals surface area contributed by atoms with Crippen molar-refractivity contribution in [3.63, 3.8) is 0 Å². The molecule has 0 amide bonds. The van der Waals surface area contributed by atoms with Crippen LogP contribution in [0.1, 0.15) is 30.8 Å². The van der Waals surface area contributed by atoms with Gasteiger partial charge in [-0.2, -0.15) is 5.10 Å². The molecule has 3 N–H and O–H groups in total. The second-order valence-electron chi connectivity index (χ2n) is 4.23. The summed E-state index contributed by atoms with van der Waals surface area (Å²) in [5.41, 5.74) is 8.00. The SMILES string of the molecule is CCc1cc(CC)n(-c2nccc(/C(N)=N/O)c2Cl)n1. The summed E-state index contributed by atoms with van der Waals surface area (Å²) in [4.78, 5) is 4.26. The van der Waals surface area contributed by atoms with Gasteiger partial charge in [-0.15, -0.1) is 0 Å². The maximum atomic E-state index is 8.78. The number of nitrogens with two attached hydrogens (primary N) is 1. The lowest BCUT2D eigenvalue weighted by Gasteiger charge is -2.09. The Morgan fingerprint density at radius 2 is 2.20 bits per heavy atom. The summed E-state index contributed by atoms with van der Waals surface area (Å²) < 4.78 is 1.70. The Bertz CT molecular complexity index is 650. The molecule has 106 valence electrons. The second kappa shape index (κ2) is 5.92. The Hall–Kier alpha value is -2.08. The molecule has 0 saturated heterocycles. The molecule has 2 aromatic rings. The standard InChI is InChI=1S/C13H16ClN5O/c1-3-8-7-9(4-2)19(17-8)13-11(14)10(5-6-16-13)12(15)18-20/h5-7,20H,3-4H2,1-2H3,(H2,15,18). The molecule has 0 radical (unpaired) electrons. The molecule has 0 bridgehead atoms. The van der Waals surface area contributed by atoms with Gasteiger partial charge in [0.25, 0.3) is 0 Å². The van der Waals surface area contributed by atoms with Crippen molar-refractivity contribution in [1.82, 2.24) is 14.8 Å². The van der Waals surface area contributed by atoms with Gasteiger partial charge in [-0.25, -0.2) is 9.67 Å². The Morgan fingerprint density at radius 1 is 1.45 bits per heavy atom. The highest BCUT2D eigenvalue weighted by Crippen LogP contribution is 2.24. The second-order valence-corrected chi connectivity index (χ2v) is 4.61. The molecule has 2 aromatic heterocycles. The van der Waals surface area contributed by atoms with Crippen molar-refractivity contribution >= 4 is 17.4 Å². The van der Waals surface area contributed by atoms with Gasteiger partial charge < -0.3 is 10.9 Å². The number of rotatable bonds is 4. The van der Waals surface area contributed by atoms with Gasteiger partial charge in [-0.1, -0.05) is 30.6 Å². The summed E-state index contributed by atoms with van der Waals surface area (Å²) in [6, 6.07) is 3.62. The van der Waals surface area contributed by atoms with Crippen molar-refractivity contribution in [3.05, 3.63) is 40.3 Å². The Kier molecular flexibility index (Phi) is 4.24. The normalized spacial score (nSPS) is 11.8. The topological polar surface area (TPSA) is 89.3 Å². The average molecular weight is 294 g/mol. The highest BCUT2D eigenvalue weighted by Gasteiger charge is 2.16. The first-order valence-electron chi connectivity index (χ1n) is 6.32. The predicted octanol–water partition coefficient (Wildman–Crippen LogP) is 2.14. The monoisotopic (exact) mass is 293 g/mol. The minimum absolute atomic E-state index is 0.0560. The third-order valence-corrected chi connectivity index (χ3v) is 3.39. The van der Waals surface area contributed by atoms with Crippen LogP contribution in [0.15, 0.2) is 23.5 Å². The first-order chi connectivity index (χ1) is 9.62. The fourth-order valence-corrected chi connectivity index (χ4v) is 2.20. The number of aryl methyl sites for hydroxylation is 2. The van der Waals surface area contributed by atoms with Crippen LogP contribution < -0.4 is 5.73 Å². The third-order valence-electron chi connectivity index (χ3n) is 3.01. The van der Waals surface area contributed by atoms with Gasteiger partial charge >= 0.3 is 0 Å². The van der Waals surface area contributed by atoms with Gasteiger partial charge in [0, 0.05) is 17.5 Å². The van der Waals surface area contributed by atoms with Crippen LogP contribution in [0.3, 0.4) is 0 Å². The van der Waals surface area contributed by atoms with Crippen molar-refractivity contribution in [2.45, 2.75) is 26.7 Å². The number of aromatic nitrogens is 3. The molecule has 20 heavy (non-hydrogen) atoms. The summed E-state index contributed by atoms with van der Waals surface area (Å²) >= 11 is 6.30. The molecule has 0 unspecified atom stereocenters. The number of halogens is 1. The van der Waals surface area contributed by atoms with E-state index < -0.39 is 0 Å². The summed E-state index contributed by atoms with van der Waals surface area (Å²) in [6.45, 7) is 4.07. The molecule has 2 rings (SSSR count). The first kappa shape index (κ1) is 14.3. The number of hydrogen-bond donors (Lipinski definition) is 2. The van der Waals surface area contributed by atoms with E-state index in [1.54, 1.807) is 16.9 Å². The Morgan fingerprint density at radius 3 is 2.80 bits per heavy atom. The lowest BCUT2D eigenvalue weighted by atomic mass is 10.2. The molecule has 0 fully saturated rings. The van der Waals surface area contributed by atoms with E-state index in [0.717, 1.165) is 24.2 Å². The summed E-state index contributed by atoms with van der Waals surface area (Å²) in [7, 11) is 0. The molecule has 0 spiro atoms. The molecule has 0 aliphatic heterocycles. The largest absolute Gasteiger partial charge is 0.409 e. The van der Waals surface area contributed by atoms with Gasteiger partial charge in [0.1, 0.15) is 0 Å². The number of nitrogens with zero attached hydrogens (tertiary/aromatic N) is 4. The quantitative estimate of drug-likeness (QED) is 0.391. The van der Waals surface area contributed by atoms with E-state index in [4.69, 9.17) is 22.5 Å². The zero-order valence-corrected chi connectivity index (χ0v) is 12.1. The van der Waals surface area contributed by atoms with Gasteiger partial charge in [-0.05, 0) is 25.0 Å². The molecule has 2 heterocycles. The van der Waals surface area contributed by atoms with Crippen molar-refractivity contribution < 1.29 is 5.21 Å². The van der Waals surface area contributed by atoms with Gasteiger partial charge in [0.15, 0.2) is 11.7 Å². The Balaban J connectivity index is 2.61. The summed E-state index contributed by atoms with van der Waals surface area (Å²) in [5, 5.41) is 16.5. The van der Waals surface area contributed by atoms with Crippen LogP contribution in [0.2, 0.25) is 5.02 Å². The predicted molar refractivity (Wildman–Crippen MR) is 77.6 cm³/mol. The highest BCUT2D eigenvalue weighted by atomic mass is 35.5. The van der Waals surface area contributed by atoms with Crippen LogP contribution >= 0.6 is 11.6 Å². The van der Waals surface area contributed by atoms with Crippen LogP contribution in [0.5, 0.6) is 0 Å². The van der Waals surface area contributed by atoms with E-state index in [2.05, 4.69) is 15.2 Å². The molecule has 0 aliphatic carbocycles. The number of oxime groups is 1. The average Bonchev–Trinajstić information content (AvgIpc) is 2.90.